The zero-order valence-corrected chi connectivity index (χ0v) is 15.7. The summed E-state index contributed by atoms with van der Waals surface area (Å²) in [5.74, 6) is 0.0444. The van der Waals surface area contributed by atoms with E-state index in [4.69, 9.17) is 5.73 Å². The molecule has 0 bridgehead atoms. The van der Waals surface area contributed by atoms with Gasteiger partial charge in [0.1, 0.15) is 5.00 Å². The van der Waals surface area contributed by atoms with Gasteiger partial charge in [-0.15, -0.1) is 11.3 Å². The van der Waals surface area contributed by atoms with E-state index in [9.17, 15) is 8.42 Å². The minimum Gasteiger partial charge on any atom is -0.382 e. The second-order valence-electron chi connectivity index (χ2n) is 4.58. The van der Waals surface area contributed by atoms with Gasteiger partial charge in [-0.25, -0.2) is 12.7 Å². The van der Waals surface area contributed by atoms with Gasteiger partial charge in [0.2, 0.25) is 10.0 Å². The smallest absolute Gasteiger partial charge is 0.249 e. The van der Waals surface area contributed by atoms with Crippen LogP contribution in [0.3, 0.4) is 0 Å². The van der Waals surface area contributed by atoms with Crippen molar-refractivity contribution < 1.29 is 8.42 Å². The molecule has 0 aliphatic carbocycles. The predicted octanol–water partition coefficient (Wildman–Crippen LogP) is 2.44. The number of anilines is 2. The number of hydrogen-bond acceptors (Lipinski definition) is 7. The first-order valence-corrected chi connectivity index (χ1v) is 9.73. The zero-order valence-electron chi connectivity index (χ0n) is 11.7. The van der Waals surface area contributed by atoms with Crippen molar-refractivity contribution in [3.8, 4) is 0 Å². The van der Waals surface area contributed by atoms with E-state index in [1.54, 1.807) is 11.3 Å². The molecule has 116 valence electrons. The van der Waals surface area contributed by atoms with Gasteiger partial charge in [-0.3, -0.25) is 0 Å². The number of nitrogens with zero attached hydrogens (tertiary/aromatic N) is 3. The summed E-state index contributed by atoms with van der Waals surface area (Å²) in [5, 5.41) is 2.53. The molecule has 6 nitrogen and oxygen atoms in total. The molecule has 10 heteroatoms. The van der Waals surface area contributed by atoms with Crippen LogP contribution in [0.25, 0.3) is 0 Å². The van der Waals surface area contributed by atoms with E-state index < -0.39 is 10.0 Å². The molecule has 2 N–H and O–H groups in total. The second-order valence-corrected chi connectivity index (χ2v) is 9.33. The molecule has 0 atom stereocenters. The minimum atomic E-state index is -3.62. The van der Waals surface area contributed by atoms with Gasteiger partial charge in [-0.05, 0) is 33.5 Å². The van der Waals surface area contributed by atoms with Gasteiger partial charge in [0.25, 0.3) is 0 Å². The summed E-state index contributed by atoms with van der Waals surface area (Å²) in [4.78, 5) is 3.04. The van der Waals surface area contributed by atoms with Crippen LogP contribution in [0, 0.1) is 0 Å². The van der Waals surface area contributed by atoms with Gasteiger partial charge >= 0.3 is 0 Å². The molecule has 0 radical (unpaired) electrons. The highest BCUT2D eigenvalue weighted by Gasteiger charge is 2.29. The first-order chi connectivity index (χ1) is 9.73. The predicted molar refractivity (Wildman–Crippen MR) is 91.5 cm³/mol. The molecule has 2 rings (SSSR count). The third kappa shape index (κ3) is 3.39. The van der Waals surface area contributed by atoms with Crippen LogP contribution in [-0.2, 0) is 16.6 Å². The number of thiophene rings is 1. The molecule has 2 aromatic rings. The molecular weight excluding hydrogens is 396 g/mol. The summed E-state index contributed by atoms with van der Waals surface area (Å²) >= 11 is 6.10. The highest BCUT2D eigenvalue weighted by Crippen LogP contribution is 2.36. The molecule has 0 saturated carbocycles. The lowest BCUT2D eigenvalue weighted by molar-refractivity contribution is 0.521. The molecule has 2 heterocycles. The molecule has 0 aliphatic heterocycles. The average Bonchev–Trinajstić information content (AvgIpc) is 2.95. The van der Waals surface area contributed by atoms with E-state index in [-0.39, 0.29) is 10.7 Å². The Morgan fingerprint density at radius 3 is 2.57 bits per heavy atom. The monoisotopic (exact) mass is 410 g/mol. The molecule has 2 aromatic heterocycles. The number of nitrogens with two attached hydrogens (primary N) is 1. The fourth-order valence-corrected chi connectivity index (χ4v) is 5.40. The van der Waals surface area contributed by atoms with Gasteiger partial charge in [0.05, 0.1) is 6.54 Å². The number of halogens is 1. The SMILES string of the molecule is CN(Cc1cc(Br)cs1)c1snc(N)c1S(=O)(=O)N(C)C. The first-order valence-electron chi connectivity index (χ1n) is 5.85. The zero-order chi connectivity index (χ0) is 15.8. The van der Waals surface area contributed by atoms with Gasteiger partial charge < -0.3 is 10.6 Å². The van der Waals surface area contributed by atoms with Crippen molar-refractivity contribution in [3.05, 3.63) is 20.8 Å². The van der Waals surface area contributed by atoms with E-state index in [2.05, 4.69) is 20.3 Å². The van der Waals surface area contributed by atoms with Crippen LogP contribution in [0.1, 0.15) is 4.88 Å². The summed E-state index contributed by atoms with van der Waals surface area (Å²) < 4.78 is 30.9. The van der Waals surface area contributed by atoms with Crippen molar-refractivity contribution in [2.24, 2.45) is 0 Å². The molecule has 0 amide bonds. The van der Waals surface area contributed by atoms with E-state index >= 15 is 0 Å². The molecule has 0 aliphatic rings. The first kappa shape index (κ1) is 16.7. The lowest BCUT2D eigenvalue weighted by atomic mass is 10.4. The van der Waals surface area contributed by atoms with Crippen molar-refractivity contribution in [2.45, 2.75) is 11.4 Å². The Hall–Kier alpha value is -0.680. The summed E-state index contributed by atoms with van der Waals surface area (Å²) in [6, 6.07) is 2.01. The molecule has 0 fully saturated rings. The van der Waals surface area contributed by atoms with Crippen molar-refractivity contribution >= 4 is 59.6 Å². The Balaban J connectivity index is 2.37. The average molecular weight is 411 g/mol. The van der Waals surface area contributed by atoms with E-state index in [0.29, 0.717) is 11.5 Å². The summed E-state index contributed by atoms with van der Waals surface area (Å²) in [6.45, 7) is 0.591. The maximum absolute atomic E-state index is 12.4. The van der Waals surface area contributed by atoms with Crippen LogP contribution in [0.2, 0.25) is 0 Å². The maximum atomic E-state index is 12.4. The molecule has 0 unspecified atom stereocenters. The topological polar surface area (TPSA) is 79.5 Å². The standard InChI is InChI=1S/C11H15BrN4O2S3/c1-15(2)21(17,18)9-10(13)14-20-11(9)16(3)5-8-4-7(12)6-19-8/h4,6H,5H2,1-3H3,(H2,13,14). The minimum absolute atomic E-state index is 0.0444. The van der Waals surface area contributed by atoms with Crippen LogP contribution < -0.4 is 10.6 Å². The highest BCUT2D eigenvalue weighted by atomic mass is 79.9. The van der Waals surface area contributed by atoms with Gasteiger partial charge in [0.15, 0.2) is 10.7 Å². The number of rotatable bonds is 5. The number of sulfonamides is 1. The highest BCUT2D eigenvalue weighted by molar-refractivity contribution is 9.10. The van der Waals surface area contributed by atoms with Crippen LogP contribution >= 0.6 is 38.8 Å². The Morgan fingerprint density at radius 1 is 1.38 bits per heavy atom. The van der Waals surface area contributed by atoms with Crippen LogP contribution in [-0.4, -0.2) is 38.2 Å². The van der Waals surface area contributed by atoms with Crippen LogP contribution in [0.15, 0.2) is 20.8 Å². The largest absolute Gasteiger partial charge is 0.382 e. The third-order valence-electron chi connectivity index (χ3n) is 2.76. The quantitative estimate of drug-likeness (QED) is 0.818. The van der Waals surface area contributed by atoms with Gasteiger partial charge in [-0.2, -0.15) is 4.37 Å². The Morgan fingerprint density at radius 2 is 2.05 bits per heavy atom. The van der Waals surface area contributed by atoms with Crippen molar-refractivity contribution in [1.82, 2.24) is 8.68 Å². The maximum Gasteiger partial charge on any atom is 0.249 e. The lowest BCUT2D eigenvalue weighted by Gasteiger charge is -2.19. The van der Waals surface area contributed by atoms with Crippen molar-refractivity contribution in [3.63, 3.8) is 0 Å². The van der Waals surface area contributed by atoms with Gasteiger partial charge in [0, 0.05) is 35.9 Å². The fourth-order valence-electron chi connectivity index (χ4n) is 1.70. The molecule has 21 heavy (non-hydrogen) atoms. The van der Waals surface area contributed by atoms with Crippen LogP contribution in [0.4, 0.5) is 10.8 Å². The van der Waals surface area contributed by atoms with E-state index in [0.717, 1.165) is 25.2 Å². The molecular formula is C11H15BrN4O2S3. The Bertz CT molecular complexity index is 738. The molecule has 0 saturated heterocycles. The number of hydrogen-bond donors (Lipinski definition) is 1. The van der Waals surface area contributed by atoms with Crippen molar-refractivity contribution in [2.75, 3.05) is 31.8 Å². The number of aromatic nitrogens is 1. The fraction of sp³-hybridized carbons (Fsp3) is 0.364. The normalized spacial score (nSPS) is 12.0. The second kappa shape index (κ2) is 6.21. The third-order valence-corrected chi connectivity index (χ3v) is 7.43. The van der Waals surface area contributed by atoms with Gasteiger partial charge in [-0.1, -0.05) is 0 Å². The summed E-state index contributed by atoms with van der Waals surface area (Å²) in [6.07, 6.45) is 0. The summed E-state index contributed by atoms with van der Waals surface area (Å²) in [5.41, 5.74) is 5.76. The molecule has 0 spiro atoms. The van der Waals surface area contributed by atoms with E-state index in [1.807, 2.05) is 23.4 Å². The number of nitrogen functional groups attached to an aromatic ring is 1. The Labute approximate surface area is 140 Å². The lowest BCUT2D eigenvalue weighted by Crippen LogP contribution is -2.25. The van der Waals surface area contributed by atoms with Crippen molar-refractivity contribution in [1.29, 1.82) is 0 Å². The van der Waals surface area contributed by atoms with E-state index in [1.165, 1.54) is 14.1 Å². The van der Waals surface area contributed by atoms with Crippen LogP contribution in [0.5, 0.6) is 0 Å². The summed E-state index contributed by atoms with van der Waals surface area (Å²) in [7, 11) is 1.17. The Kier molecular flexibility index (Phi) is 4.93. The molecule has 0 aromatic carbocycles.